The van der Waals surface area contributed by atoms with E-state index in [0.717, 1.165) is 34.7 Å². The maximum atomic E-state index is 10.9. The summed E-state index contributed by atoms with van der Waals surface area (Å²) in [4.78, 5) is 12.3. The van der Waals surface area contributed by atoms with Gasteiger partial charge in [-0.2, -0.15) is 0 Å². The van der Waals surface area contributed by atoms with Crippen LogP contribution in [0.1, 0.15) is 5.69 Å². The number of nitrogens with one attached hydrogen (secondary N) is 1. The molecule has 3 N–H and O–H groups in total. The molecule has 0 saturated heterocycles. The first-order valence-corrected chi connectivity index (χ1v) is 12.0. The number of aliphatic imine (C=N–C) groups is 1. The molecule has 11 heteroatoms. The second-order valence-corrected chi connectivity index (χ2v) is 10.4. The van der Waals surface area contributed by atoms with Crippen LogP contribution in [0.2, 0.25) is 0 Å². The van der Waals surface area contributed by atoms with E-state index in [1.54, 1.807) is 55.9 Å². The zero-order chi connectivity index (χ0) is 21.4. The van der Waals surface area contributed by atoms with Crippen LogP contribution in [0.3, 0.4) is 0 Å². The molecule has 0 amide bonds. The normalized spacial score (nSPS) is 17.1. The SMILES string of the molecule is CN(c1cccc2cc(C3=NCC(Cn4cnnc4)S3)[nH]c12)S(O)(O)c1ccccn1. The van der Waals surface area contributed by atoms with Gasteiger partial charge in [-0.15, -0.1) is 10.2 Å². The van der Waals surface area contributed by atoms with E-state index in [-0.39, 0.29) is 5.03 Å². The first-order valence-electron chi connectivity index (χ1n) is 9.61. The minimum atomic E-state index is -3.28. The summed E-state index contributed by atoms with van der Waals surface area (Å²) in [6, 6.07) is 12.9. The molecule has 1 aliphatic heterocycles. The van der Waals surface area contributed by atoms with E-state index in [2.05, 4.69) is 20.2 Å². The molecule has 1 aliphatic rings. The van der Waals surface area contributed by atoms with Gasteiger partial charge in [0.15, 0.2) is 5.03 Å². The molecule has 1 aromatic carbocycles. The number of rotatable bonds is 6. The van der Waals surface area contributed by atoms with E-state index in [4.69, 9.17) is 4.99 Å². The molecule has 0 aliphatic carbocycles. The number of aromatic amines is 1. The third kappa shape index (κ3) is 3.81. The van der Waals surface area contributed by atoms with Gasteiger partial charge in [0.1, 0.15) is 17.7 Å². The quantitative estimate of drug-likeness (QED) is 0.404. The minimum Gasteiger partial charge on any atom is -0.351 e. The Balaban J connectivity index is 1.42. The van der Waals surface area contributed by atoms with Crippen molar-refractivity contribution >= 4 is 44.2 Å². The van der Waals surface area contributed by atoms with Crippen molar-refractivity contribution < 1.29 is 9.11 Å². The smallest absolute Gasteiger partial charge is 0.168 e. The van der Waals surface area contributed by atoms with Gasteiger partial charge >= 0.3 is 0 Å². The molecule has 9 nitrogen and oxygen atoms in total. The number of para-hydroxylation sites is 1. The number of thioether (sulfide) groups is 1. The Morgan fingerprint density at radius 3 is 2.81 bits per heavy atom. The van der Waals surface area contributed by atoms with E-state index in [1.165, 1.54) is 4.31 Å². The lowest BCUT2D eigenvalue weighted by molar-refractivity contribution is 0.480. The van der Waals surface area contributed by atoms with E-state index in [9.17, 15) is 9.11 Å². The van der Waals surface area contributed by atoms with Gasteiger partial charge in [-0.05, 0) is 24.3 Å². The fourth-order valence-corrected chi connectivity index (χ4v) is 5.78. The molecule has 31 heavy (non-hydrogen) atoms. The molecule has 1 unspecified atom stereocenters. The van der Waals surface area contributed by atoms with E-state index < -0.39 is 10.8 Å². The van der Waals surface area contributed by atoms with Gasteiger partial charge in [-0.3, -0.25) is 18.4 Å². The lowest BCUT2D eigenvalue weighted by atomic mass is 10.2. The molecule has 0 radical (unpaired) electrons. The summed E-state index contributed by atoms with van der Waals surface area (Å²) in [6.45, 7) is 1.52. The second-order valence-electron chi connectivity index (χ2n) is 7.15. The molecular weight excluding hydrogens is 434 g/mol. The molecule has 1 atom stereocenters. The van der Waals surface area contributed by atoms with Gasteiger partial charge in [-0.25, -0.2) is 4.98 Å². The van der Waals surface area contributed by atoms with E-state index in [1.807, 2.05) is 28.8 Å². The average Bonchev–Trinajstić information content (AvgIpc) is 3.54. The largest absolute Gasteiger partial charge is 0.351 e. The van der Waals surface area contributed by atoms with Gasteiger partial charge in [0.25, 0.3) is 0 Å². The molecule has 4 heterocycles. The number of aromatic nitrogens is 5. The molecule has 0 saturated carbocycles. The first-order chi connectivity index (χ1) is 15.0. The second kappa shape index (κ2) is 8.00. The highest BCUT2D eigenvalue weighted by atomic mass is 32.3. The number of hydrogen-bond donors (Lipinski definition) is 3. The lowest BCUT2D eigenvalue weighted by Gasteiger charge is -2.40. The average molecular weight is 456 g/mol. The zero-order valence-electron chi connectivity index (χ0n) is 16.7. The van der Waals surface area contributed by atoms with Gasteiger partial charge < -0.3 is 9.55 Å². The van der Waals surface area contributed by atoms with Crippen LogP contribution in [-0.4, -0.2) is 57.7 Å². The number of hydrogen-bond acceptors (Lipinski definition) is 8. The zero-order valence-corrected chi connectivity index (χ0v) is 18.3. The van der Waals surface area contributed by atoms with Crippen LogP contribution in [0, 0.1) is 0 Å². The van der Waals surface area contributed by atoms with Crippen molar-refractivity contribution in [1.29, 1.82) is 0 Å². The number of nitrogens with zero attached hydrogens (tertiary/aromatic N) is 6. The number of anilines is 1. The van der Waals surface area contributed by atoms with Crippen LogP contribution >= 0.6 is 22.5 Å². The Labute approximate surface area is 184 Å². The van der Waals surface area contributed by atoms with Crippen LogP contribution in [0.5, 0.6) is 0 Å². The summed E-state index contributed by atoms with van der Waals surface area (Å²) in [5.41, 5.74) is 2.42. The third-order valence-corrected chi connectivity index (χ3v) is 8.07. The van der Waals surface area contributed by atoms with Gasteiger partial charge in [0, 0.05) is 30.4 Å². The summed E-state index contributed by atoms with van der Waals surface area (Å²) in [5.74, 6) is 0. The van der Waals surface area contributed by atoms with Crippen LogP contribution in [0.25, 0.3) is 10.9 Å². The lowest BCUT2D eigenvalue weighted by Crippen LogP contribution is -2.23. The molecule has 3 aromatic heterocycles. The first kappa shape index (κ1) is 20.1. The summed E-state index contributed by atoms with van der Waals surface area (Å²) in [7, 11) is -1.62. The molecular formula is C20H21N7O2S2. The van der Waals surface area contributed by atoms with Crippen LogP contribution < -0.4 is 4.31 Å². The highest BCUT2D eigenvalue weighted by Gasteiger charge is 2.27. The number of H-pyrrole nitrogens is 1. The minimum absolute atomic E-state index is 0.230. The van der Waals surface area contributed by atoms with Crippen molar-refractivity contribution in [3.8, 4) is 0 Å². The van der Waals surface area contributed by atoms with E-state index in [0.29, 0.717) is 10.9 Å². The summed E-state index contributed by atoms with van der Waals surface area (Å²) >= 11 is 1.72. The summed E-state index contributed by atoms with van der Waals surface area (Å²) < 4.78 is 25.2. The number of fused-ring (bicyclic) bond motifs is 1. The number of benzene rings is 1. The Bertz CT molecular complexity index is 1230. The summed E-state index contributed by atoms with van der Waals surface area (Å²) in [5, 5.41) is 10.2. The predicted octanol–water partition coefficient (Wildman–Crippen LogP) is 3.88. The van der Waals surface area contributed by atoms with Crippen molar-refractivity contribution in [2.45, 2.75) is 16.8 Å². The van der Waals surface area contributed by atoms with Crippen molar-refractivity contribution in [1.82, 2.24) is 24.7 Å². The standard InChI is InChI=1S/C20H21N7O2S2/c1-26(31(28,29)18-7-2-3-8-21-18)17-6-4-5-14-9-16(25-19(14)17)20-22-10-15(30-20)11-27-12-23-24-13-27/h2-9,12-13,15,25,28-29H,10-11H2,1H3. The molecule has 5 rings (SSSR count). The third-order valence-electron chi connectivity index (χ3n) is 5.10. The maximum Gasteiger partial charge on any atom is 0.168 e. The fraction of sp³-hybridized carbons (Fsp3) is 0.200. The maximum absolute atomic E-state index is 10.9. The molecule has 0 bridgehead atoms. The van der Waals surface area contributed by atoms with Crippen molar-refractivity contribution in [3.63, 3.8) is 0 Å². The molecule has 160 valence electrons. The topological polar surface area (TPSA) is 115 Å². The van der Waals surface area contributed by atoms with Crippen LogP contribution in [0.4, 0.5) is 5.69 Å². The monoisotopic (exact) mass is 455 g/mol. The van der Waals surface area contributed by atoms with E-state index >= 15 is 0 Å². The predicted molar refractivity (Wildman–Crippen MR) is 125 cm³/mol. The van der Waals surface area contributed by atoms with Gasteiger partial charge in [-0.1, -0.05) is 40.7 Å². The van der Waals surface area contributed by atoms with Crippen molar-refractivity contribution in [2.24, 2.45) is 4.99 Å². The Hall–Kier alpha value is -2.86. The Morgan fingerprint density at radius 2 is 2.03 bits per heavy atom. The molecule has 4 aromatic rings. The van der Waals surface area contributed by atoms with Gasteiger partial charge in [0.2, 0.25) is 0 Å². The Morgan fingerprint density at radius 1 is 1.19 bits per heavy atom. The highest BCUT2D eigenvalue weighted by Crippen LogP contribution is 2.52. The van der Waals surface area contributed by atoms with Crippen LogP contribution in [-0.2, 0) is 6.54 Å². The Kier molecular flexibility index (Phi) is 5.18. The van der Waals surface area contributed by atoms with Crippen LogP contribution in [0.15, 0.2) is 71.3 Å². The van der Waals surface area contributed by atoms with Crippen molar-refractivity contribution in [2.75, 3.05) is 17.9 Å². The summed E-state index contributed by atoms with van der Waals surface area (Å²) in [6.07, 6.45) is 4.98. The fourth-order valence-electron chi connectivity index (χ4n) is 3.52. The number of pyridine rings is 1. The molecule has 0 fully saturated rings. The molecule has 0 spiro atoms. The van der Waals surface area contributed by atoms with Crippen molar-refractivity contribution in [3.05, 3.63) is 67.0 Å². The highest BCUT2D eigenvalue weighted by molar-refractivity contribution is 8.25. The van der Waals surface area contributed by atoms with Gasteiger partial charge in [0.05, 0.1) is 23.4 Å².